The van der Waals surface area contributed by atoms with Gasteiger partial charge >= 0.3 is 12.1 Å². The summed E-state index contributed by atoms with van der Waals surface area (Å²) in [5.74, 6) is 0.128. The van der Waals surface area contributed by atoms with Crippen molar-refractivity contribution in [2.45, 2.75) is 51.1 Å². The largest absolute Gasteiger partial charge is 0.465 e. The predicted octanol–water partition coefficient (Wildman–Crippen LogP) is 4.06. The number of alkyl halides is 3. The predicted molar refractivity (Wildman–Crippen MR) is 95.5 cm³/mol. The number of carbonyl (C=O) groups is 2. The van der Waals surface area contributed by atoms with Gasteiger partial charge in [-0.1, -0.05) is 12.1 Å². The van der Waals surface area contributed by atoms with E-state index in [0.717, 1.165) is 31.2 Å². The van der Waals surface area contributed by atoms with Crippen LogP contribution in [0.5, 0.6) is 0 Å². The van der Waals surface area contributed by atoms with Crippen LogP contribution in [0.4, 0.5) is 13.2 Å². The third-order valence-electron chi connectivity index (χ3n) is 6.60. The first-order valence-electron chi connectivity index (χ1n) is 9.79. The smallest absolute Gasteiger partial charge is 0.416 e. The van der Waals surface area contributed by atoms with Gasteiger partial charge in [0.25, 0.3) is 0 Å². The van der Waals surface area contributed by atoms with Crippen LogP contribution in [0.3, 0.4) is 0 Å². The maximum Gasteiger partial charge on any atom is 0.416 e. The average molecular weight is 395 g/mol. The molecule has 28 heavy (non-hydrogen) atoms. The Morgan fingerprint density at radius 2 is 1.89 bits per heavy atom. The number of halogens is 3. The Bertz CT molecular complexity index is 791. The number of ether oxygens (including phenoxy) is 1. The van der Waals surface area contributed by atoms with Gasteiger partial charge in [-0.15, -0.1) is 0 Å². The van der Waals surface area contributed by atoms with Gasteiger partial charge < -0.3 is 9.64 Å². The molecule has 0 aromatic heterocycles. The molecular formula is C21H24F3NO3. The summed E-state index contributed by atoms with van der Waals surface area (Å²) in [6.07, 6.45) is -0.948. The molecule has 1 amide bonds. The van der Waals surface area contributed by atoms with E-state index in [2.05, 4.69) is 0 Å². The van der Waals surface area contributed by atoms with Crippen molar-refractivity contribution in [1.82, 2.24) is 4.90 Å². The number of aryl methyl sites for hydroxylation is 1. The molecule has 0 N–H and O–H groups in total. The Kier molecular flexibility index (Phi) is 4.67. The second kappa shape index (κ2) is 6.78. The molecule has 1 saturated carbocycles. The third-order valence-corrected chi connectivity index (χ3v) is 6.60. The van der Waals surface area contributed by atoms with Crippen molar-refractivity contribution in [3.8, 4) is 0 Å². The number of likely N-dealkylation sites (tertiary alicyclic amines) is 1. The molecule has 1 aromatic carbocycles. The van der Waals surface area contributed by atoms with Gasteiger partial charge in [0.05, 0.1) is 18.6 Å². The maximum atomic E-state index is 12.9. The van der Waals surface area contributed by atoms with Gasteiger partial charge in [-0.3, -0.25) is 9.59 Å². The fraction of sp³-hybridized carbons (Fsp3) is 0.619. The minimum Gasteiger partial charge on any atom is -0.465 e. The van der Waals surface area contributed by atoms with Gasteiger partial charge in [0.2, 0.25) is 5.91 Å². The number of nitrogens with zero attached hydrogens (tertiary/aromatic N) is 1. The van der Waals surface area contributed by atoms with Crippen molar-refractivity contribution >= 4 is 11.9 Å². The van der Waals surface area contributed by atoms with Crippen molar-refractivity contribution in [2.24, 2.45) is 11.3 Å². The Hall–Kier alpha value is -2.05. The summed E-state index contributed by atoms with van der Waals surface area (Å²) < 4.78 is 43.9. The highest BCUT2D eigenvalue weighted by Crippen LogP contribution is 2.52. The molecule has 3 fully saturated rings. The van der Waals surface area contributed by atoms with Crippen LogP contribution in [-0.4, -0.2) is 36.5 Å². The highest BCUT2D eigenvalue weighted by molar-refractivity contribution is 5.81. The van der Waals surface area contributed by atoms with E-state index in [4.69, 9.17) is 4.74 Å². The average Bonchev–Trinajstić information content (AvgIpc) is 3.01. The Balaban J connectivity index is 1.32. The van der Waals surface area contributed by atoms with Gasteiger partial charge in [0, 0.05) is 24.4 Å². The summed E-state index contributed by atoms with van der Waals surface area (Å²) in [5.41, 5.74) is 0.462. The number of hydrogen-bond acceptors (Lipinski definition) is 3. The number of cyclic esters (lactones) is 1. The number of rotatable bonds is 2. The molecule has 4 rings (SSSR count). The molecule has 1 spiro atoms. The lowest BCUT2D eigenvalue weighted by Gasteiger charge is -2.45. The van der Waals surface area contributed by atoms with Crippen LogP contribution in [-0.2, 0) is 20.5 Å². The summed E-state index contributed by atoms with van der Waals surface area (Å²) in [5, 5.41) is 0. The van der Waals surface area contributed by atoms with Gasteiger partial charge in [0.1, 0.15) is 0 Å². The number of benzene rings is 1. The first kappa shape index (κ1) is 19.3. The fourth-order valence-corrected chi connectivity index (χ4v) is 5.01. The lowest BCUT2D eigenvalue weighted by Crippen LogP contribution is -2.49. The van der Waals surface area contributed by atoms with E-state index in [1.54, 1.807) is 12.1 Å². The molecule has 1 aliphatic carbocycles. The molecule has 152 valence electrons. The highest BCUT2D eigenvalue weighted by atomic mass is 19.4. The van der Waals surface area contributed by atoms with Crippen molar-refractivity contribution < 1.29 is 27.5 Å². The zero-order chi connectivity index (χ0) is 20.1. The topological polar surface area (TPSA) is 46.6 Å². The summed E-state index contributed by atoms with van der Waals surface area (Å²) >= 11 is 0. The van der Waals surface area contributed by atoms with E-state index in [0.29, 0.717) is 26.1 Å². The normalized spacial score (nSPS) is 28.4. The number of piperidine rings is 1. The number of carbonyl (C=O) groups excluding carboxylic acids is 2. The Labute approximate surface area is 162 Å². The maximum absolute atomic E-state index is 12.9. The molecule has 1 aromatic rings. The lowest BCUT2D eigenvalue weighted by atomic mass is 9.61. The minimum absolute atomic E-state index is 0.0284. The Morgan fingerprint density at radius 3 is 2.43 bits per heavy atom. The van der Waals surface area contributed by atoms with Crippen LogP contribution >= 0.6 is 0 Å². The molecule has 3 aliphatic rings. The molecule has 0 atom stereocenters. The SMILES string of the molecule is Cc1cc(C2CCN(C(=O)C3CC4(COC(=O)C4)C3)CC2)ccc1C(F)(F)F. The van der Waals surface area contributed by atoms with E-state index in [1.807, 2.05) is 4.90 Å². The van der Waals surface area contributed by atoms with Crippen molar-refractivity contribution in [3.63, 3.8) is 0 Å². The summed E-state index contributed by atoms with van der Waals surface area (Å²) in [4.78, 5) is 25.9. The van der Waals surface area contributed by atoms with Gasteiger partial charge in [-0.2, -0.15) is 13.2 Å². The lowest BCUT2D eigenvalue weighted by molar-refractivity contribution is -0.144. The molecule has 0 bridgehead atoms. The third kappa shape index (κ3) is 3.51. The summed E-state index contributed by atoms with van der Waals surface area (Å²) in [6.45, 7) is 3.19. The summed E-state index contributed by atoms with van der Waals surface area (Å²) in [6, 6.07) is 4.38. The zero-order valence-corrected chi connectivity index (χ0v) is 15.8. The molecule has 0 unspecified atom stereocenters. The molecule has 7 heteroatoms. The van der Waals surface area contributed by atoms with Gasteiger partial charge in [-0.05, 0) is 55.7 Å². The van der Waals surface area contributed by atoms with Crippen molar-refractivity contribution in [3.05, 3.63) is 34.9 Å². The standard InChI is InChI=1S/C21H24F3NO3/c1-13-8-15(2-3-17(13)21(22,23)24)14-4-6-25(7-5-14)19(27)16-9-20(10-16)11-18(26)28-12-20/h2-3,8,14,16H,4-7,9-12H2,1H3. The first-order valence-corrected chi connectivity index (χ1v) is 9.79. The van der Waals surface area contributed by atoms with E-state index < -0.39 is 11.7 Å². The summed E-state index contributed by atoms with van der Waals surface area (Å²) in [7, 11) is 0. The number of hydrogen-bond donors (Lipinski definition) is 0. The van der Waals surface area contributed by atoms with E-state index in [1.165, 1.54) is 13.0 Å². The van der Waals surface area contributed by atoms with Crippen LogP contribution in [0.2, 0.25) is 0 Å². The molecule has 0 radical (unpaired) electrons. The van der Waals surface area contributed by atoms with Crippen LogP contribution in [0, 0.1) is 18.3 Å². The van der Waals surface area contributed by atoms with Crippen LogP contribution < -0.4 is 0 Å². The fourth-order valence-electron chi connectivity index (χ4n) is 5.01. The monoisotopic (exact) mass is 395 g/mol. The van der Waals surface area contributed by atoms with Crippen LogP contribution in [0.15, 0.2) is 18.2 Å². The molecule has 4 nitrogen and oxygen atoms in total. The minimum atomic E-state index is -4.33. The van der Waals surface area contributed by atoms with E-state index in [9.17, 15) is 22.8 Å². The second-order valence-corrected chi connectivity index (χ2v) is 8.61. The first-order chi connectivity index (χ1) is 13.2. The Morgan fingerprint density at radius 1 is 1.21 bits per heavy atom. The quantitative estimate of drug-likeness (QED) is 0.710. The number of amides is 1. The van der Waals surface area contributed by atoms with E-state index >= 15 is 0 Å². The molecule has 2 heterocycles. The zero-order valence-electron chi connectivity index (χ0n) is 15.8. The molecule has 2 aliphatic heterocycles. The van der Waals surface area contributed by atoms with Crippen molar-refractivity contribution in [2.75, 3.05) is 19.7 Å². The van der Waals surface area contributed by atoms with Crippen molar-refractivity contribution in [1.29, 1.82) is 0 Å². The molecule has 2 saturated heterocycles. The second-order valence-electron chi connectivity index (χ2n) is 8.61. The van der Waals surface area contributed by atoms with Crippen LogP contribution in [0.1, 0.15) is 54.7 Å². The van der Waals surface area contributed by atoms with Gasteiger partial charge in [-0.25, -0.2) is 0 Å². The van der Waals surface area contributed by atoms with Gasteiger partial charge in [0.15, 0.2) is 0 Å². The van der Waals surface area contributed by atoms with E-state index in [-0.39, 0.29) is 34.7 Å². The molecular weight excluding hydrogens is 371 g/mol. The number of esters is 1. The highest BCUT2D eigenvalue weighted by Gasteiger charge is 2.53. The van der Waals surface area contributed by atoms with Crippen LogP contribution in [0.25, 0.3) is 0 Å².